The van der Waals surface area contributed by atoms with Gasteiger partial charge in [0.1, 0.15) is 0 Å². The van der Waals surface area contributed by atoms with E-state index in [4.69, 9.17) is 5.11 Å². The van der Waals surface area contributed by atoms with Crippen LogP contribution in [0.15, 0.2) is 18.6 Å². The van der Waals surface area contributed by atoms with Gasteiger partial charge in [0.15, 0.2) is 5.69 Å². The van der Waals surface area contributed by atoms with Crippen LogP contribution in [0.2, 0.25) is 0 Å². The van der Waals surface area contributed by atoms with E-state index >= 15 is 0 Å². The fourth-order valence-corrected chi connectivity index (χ4v) is 1.64. The molecule has 0 unspecified atom stereocenters. The third kappa shape index (κ3) is 3.01. The second kappa shape index (κ2) is 5.40. The Morgan fingerprint density at radius 2 is 2.21 bits per heavy atom. The number of rotatable bonds is 3. The van der Waals surface area contributed by atoms with Gasteiger partial charge >= 0.3 is 5.97 Å². The molecule has 98 valence electrons. The predicted octanol–water partition coefficient (Wildman–Crippen LogP) is 1.12. The topological polar surface area (TPSA) is 72.9 Å². The highest BCUT2D eigenvalue weighted by atomic mass is 16.4. The molecule has 0 spiro atoms. The molecule has 2 heterocycles. The summed E-state index contributed by atoms with van der Waals surface area (Å²) in [4.78, 5) is 11.1. The first-order chi connectivity index (χ1) is 9.10. The van der Waals surface area contributed by atoms with Crippen LogP contribution in [0, 0.1) is 11.8 Å². The Labute approximate surface area is 110 Å². The lowest BCUT2D eigenvalue weighted by Crippen LogP contribution is -2.02. The largest absolute Gasteiger partial charge is 0.476 e. The Hall–Kier alpha value is -2.55. The molecule has 0 aliphatic rings. The van der Waals surface area contributed by atoms with Crippen LogP contribution >= 0.6 is 0 Å². The standard InChI is InChI=1S/C13H14N4O2/c1-3-6-17-9-11(12(15-17)13(18)19)5-4-10-7-14-16(2)8-10/h7-9H,3,6H2,1-2H3,(H,18,19). The molecule has 2 rings (SSSR count). The molecule has 0 atom stereocenters. The first kappa shape index (κ1) is 12.9. The van der Waals surface area contributed by atoms with Gasteiger partial charge in [-0.15, -0.1) is 0 Å². The van der Waals surface area contributed by atoms with Crippen molar-refractivity contribution < 1.29 is 9.90 Å². The summed E-state index contributed by atoms with van der Waals surface area (Å²) < 4.78 is 3.25. The van der Waals surface area contributed by atoms with Crippen molar-refractivity contribution in [1.29, 1.82) is 0 Å². The van der Waals surface area contributed by atoms with Crippen LogP contribution in [-0.4, -0.2) is 30.6 Å². The van der Waals surface area contributed by atoms with E-state index in [1.807, 2.05) is 6.92 Å². The average Bonchev–Trinajstić information content (AvgIpc) is 2.93. The van der Waals surface area contributed by atoms with Crippen molar-refractivity contribution in [3.05, 3.63) is 35.4 Å². The fraction of sp³-hybridized carbons (Fsp3) is 0.308. The molecular weight excluding hydrogens is 244 g/mol. The highest BCUT2D eigenvalue weighted by Crippen LogP contribution is 2.07. The second-order valence-electron chi connectivity index (χ2n) is 4.11. The van der Waals surface area contributed by atoms with Gasteiger partial charge in [0.2, 0.25) is 0 Å². The van der Waals surface area contributed by atoms with Crippen LogP contribution in [0.1, 0.15) is 35.0 Å². The smallest absolute Gasteiger partial charge is 0.357 e. The molecule has 0 bridgehead atoms. The van der Waals surface area contributed by atoms with E-state index < -0.39 is 5.97 Å². The lowest BCUT2D eigenvalue weighted by Gasteiger charge is -1.93. The maximum absolute atomic E-state index is 11.1. The zero-order chi connectivity index (χ0) is 13.8. The van der Waals surface area contributed by atoms with Gasteiger partial charge in [0.05, 0.1) is 17.3 Å². The summed E-state index contributed by atoms with van der Waals surface area (Å²) in [6, 6.07) is 0. The molecule has 0 aliphatic heterocycles. The third-order valence-electron chi connectivity index (χ3n) is 2.46. The molecule has 19 heavy (non-hydrogen) atoms. The van der Waals surface area contributed by atoms with Gasteiger partial charge in [-0.1, -0.05) is 18.8 Å². The van der Waals surface area contributed by atoms with Crippen molar-refractivity contribution in [2.24, 2.45) is 7.05 Å². The number of aryl methyl sites for hydroxylation is 2. The molecule has 2 aromatic heterocycles. The maximum atomic E-state index is 11.1. The molecular formula is C13H14N4O2. The third-order valence-corrected chi connectivity index (χ3v) is 2.46. The first-order valence-corrected chi connectivity index (χ1v) is 5.91. The average molecular weight is 258 g/mol. The van der Waals surface area contributed by atoms with Gasteiger partial charge in [-0.05, 0) is 6.42 Å². The van der Waals surface area contributed by atoms with Crippen molar-refractivity contribution in [3.63, 3.8) is 0 Å². The lowest BCUT2D eigenvalue weighted by atomic mass is 10.2. The summed E-state index contributed by atoms with van der Waals surface area (Å²) in [6.07, 6.45) is 5.94. The van der Waals surface area contributed by atoms with Gasteiger partial charge in [-0.2, -0.15) is 10.2 Å². The molecule has 0 amide bonds. The molecule has 0 aliphatic carbocycles. The van der Waals surface area contributed by atoms with Crippen LogP contribution in [-0.2, 0) is 13.6 Å². The van der Waals surface area contributed by atoms with Crippen molar-refractivity contribution in [1.82, 2.24) is 19.6 Å². The minimum absolute atomic E-state index is 0.00941. The second-order valence-corrected chi connectivity index (χ2v) is 4.11. The number of carboxylic acids is 1. The molecule has 0 fully saturated rings. The fourth-order valence-electron chi connectivity index (χ4n) is 1.64. The van der Waals surface area contributed by atoms with Crippen LogP contribution in [0.3, 0.4) is 0 Å². The van der Waals surface area contributed by atoms with E-state index in [-0.39, 0.29) is 5.69 Å². The summed E-state index contributed by atoms with van der Waals surface area (Å²) in [5, 5.41) is 17.1. The summed E-state index contributed by atoms with van der Waals surface area (Å²) >= 11 is 0. The van der Waals surface area contributed by atoms with Crippen LogP contribution in [0.25, 0.3) is 0 Å². The molecule has 0 aromatic carbocycles. The van der Waals surface area contributed by atoms with Crippen molar-refractivity contribution >= 4 is 5.97 Å². The molecule has 6 heteroatoms. The van der Waals surface area contributed by atoms with E-state index in [1.165, 1.54) is 0 Å². The number of nitrogens with zero attached hydrogens (tertiary/aromatic N) is 4. The monoisotopic (exact) mass is 258 g/mol. The summed E-state index contributed by atoms with van der Waals surface area (Å²) in [6.45, 7) is 2.68. The van der Waals surface area contributed by atoms with Crippen molar-refractivity contribution in [2.75, 3.05) is 0 Å². The van der Waals surface area contributed by atoms with Gasteiger partial charge in [-0.3, -0.25) is 9.36 Å². The van der Waals surface area contributed by atoms with Gasteiger partial charge in [0.25, 0.3) is 0 Å². The van der Waals surface area contributed by atoms with E-state index in [1.54, 1.807) is 35.0 Å². The molecule has 2 aromatic rings. The van der Waals surface area contributed by atoms with Crippen LogP contribution in [0.5, 0.6) is 0 Å². The Morgan fingerprint density at radius 3 is 2.79 bits per heavy atom. The molecule has 1 N–H and O–H groups in total. The van der Waals surface area contributed by atoms with Crippen molar-refractivity contribution in [2.45, 2.75) is 19.9 Å². The van der Waals surface area contributed by atoms with Gasteiger partial charge in [0, 0.05) is 26.0 Å². The molecule has 0 saturated carbocycles. The predicted molar refractivity (Wildman–Crippen MR) is 68.7 cm³/mol. The number of aromatic carboxylic acids is 1. The Kier molecular flexibility index (Phi) is 3.66. The Bertz CT molecular complexity index is 658. The number of hydrogen-bond donors (Lipinski definition) is 1. The molecule has 0 saturated heterocycles. The minimum atomic E-state index is -1.06. The molecule has 6 nitrogen and oxygen atoms in total. The quantitative estimate of drug-likeness (QED) is 0.837. The number of aromatic nitrogens is 4. The number of hydrogen-bond acceptors (Lipinski definition) is 3. The van der Waals surface area contributed by atoms with Crippen LogP contribution in [0.4, 0.5) is 0 Å². The summed E-state index contributed by atoms with van der Waals surface area (Å²) in [7, 11) is 1.80. The highest BCUT2D eigenvalue weighted by Gasteiger charge is 2.13. The minimum Gasteiger partial charge on any atom is -0.476 e. The van der Waals surface area contributed by atoms with Crippen molar-refractivity contribution in [3.8, 4) is 11.8 Å². The van der Waals surface area contributed by atoms with E-state index in [0.29, 0.717) is 12.1 Å². The summed E-state index contributed by atoms with van der Waals surface area (Å²) in [5.41, 5.74) is 1.15. The van der Waals surface area contributed by atoms with E-state index in [9.17, 15) is 4.79 Å². The summed E-state index contributed by atoms with van der Waals surface area (Å²) in [5.74, 6) is 4.65. The molecule has 0 radical (unpaired) electrons. The number of carboxylic acid groups (broad SMARTS) is 1. The van der Waals surface area contributed by atoms with Gasteiger partial charge in [-0.25, -0.2) is 4.79 Å². The van der Waals surface area contributed by atoms with E-state index in [0.717, 1.165) is 12.0 Å². The lowest BCUT2D eigenvalue weighted by molar-refractivity contribution is 0.0689. The highest BCUT2D eigenvalue weighted by molar-refractivity contribution is 5.88. The van der Waals surface area contributed by atoms with Crippen LogP contribution < -0.4 is 0 Å². The Morgan fingerprint density at radius 1 is 1.42 bits per heavy atom. The van der Waals surface area contributed by atoms with Gasteiger partial charge < -0.3 is 5.11 Å². The zero-order valence-electron chi connectivity index (χ0n) is 10.8. The van der Waals surface area contributed by atoms with E-state index in [2.05, 4.69) is 22.0 Å². The number of carbonyl (C=O) groups is 1. The first-order valence-electron chi connectivity index (χ1n) is 5.91. The maximum Gasteiger partial charge on any atom is 0.357 e. The normalized spacial score (nSPS) is 10.0. The zero-order valence-corrected chi connectivity index (χ0v) is 10.8. The SMILES string of the molecule is CCCn1cc(C#Cc2cnn(C)c2)c(C(=O)O)n1. The Balaban J connectivity index is 2.33.